The Kier molecular flexibility index (Phi) is 5.31. The molecule has 11 heteroatoms. The summed E-state index contributed by atoms with van der Waals surface area (Å²) in [4.78, 5) is 31.1. The number of benzene rings is 1. The van der Waals surface area contributed by atoms with Gasteiger partial charge in [0.05, 0.1) is 31.3 Å². The highest BCUT2D eigenvalue weighted by Gasteiger charge is 2.36. The number of hydrogen-bond acceptors (Lipinski definition) is 8. The van der Waals surface area contributed by atoms with Crippen LogP contribution in [0.3, 0.4) is 0 Å². The quantitative estimate of drug-likeness (QED) is 0.682. The number of thiazole rings is 1. The summed E-state index contributed by atoms with van der Waals surface area (Å²) in [5.74, 6) is -0.605. The van der Waals surface area contributed by atoms with Gasteiger partial charge < -0.3 is 9.47 Å². The maximum absolute atomic E-state index is 13.2. The zero-order valence-corrected chi connectivity index (χ0v) is 17.3. The number of ether oxygens (including phenoxy) is 2. The van der Waals surface area contributed by atoms with Gasteiger partial charge in [0.25, 0.3) is 5.91 Å². The summed E-state index contributed by atoms with van der Waals surface area (Å²) in [5.41, 5.74) is 0.914. The highest BCUT2D eigenvalue weighted by atomic mass is 32.2. The number of hydrogen-bond donors (Lipinski definition) is 0. The van der Waals surface area contributed by atoms with Crippen LogP contribution in [-0.4, -0.2) is 58.3 Å². The second-order valence-electron chi connectivity index (χ2n) is 6.15. The Hall–Kier alpha value is -2.66. The van der Waals surface area contributed by atoms with Crippen LogP contribution in [0.2, 0.25) is 0 Å². The van der Waals surface area contributed by atoms with Crippen LogP contribution in [-0.2, 0) is 19.6 Å². The lowest BCUT2D eigenvalue weighted by Crippen LogP contribution is -2.47. The minimum absolute atomic E-state index is 0.0306. The number of para-hydroxylation sites is 2. The number of sulfonamides is 1. The van der Waals surface area contributed by atoms with E-state index in [1.165, 1.54) is 19.1 Å². The molecule has 28 heavy (non-hydrogen) atoms. The number of esters is 1. The van der Waals surface area contributed by atoms with E-state index >= 15 is 0 Å². The number of fused-ring (bicyclic) bond motifs is 1. The molecular formula is C17H19N3O6S2. The van der Waals surface area contributed by atoms with Gasteiger partial charge in [-0.3, -0.25) is 9.69 Å². The van der Waals surface area contributed by atoms with Crippen molar-refractivity contribution in [2.45, 2.75) is 13.0 Å². The second kappa shape index (κ2) is 7.40. The first-order valence-corrected chi connectivity index (χ1v) is 10.9. The number of carbonyl (C=O) groups excluding carboxylic acids is 2. The van der Waals surface area contributed by atoms with E-state index in [4.69, 9.17) is 9.47 Å². The van der Waals surface area contributed by atoms with Crippen LogP contribution in [0.15, 0.2) is 24.3 Å². The molecule has 3 rings (SSSR count). The smallest absolute Gasteiger partial charge is 0.348 e. The van der Waals surface area contributed by atoms with Gasteiger partial charge in [0.15, 0.2) is 5.13 Å². The average Bonchev–Trinajstić information content (AvgIpc) is 3.05. The number of aryl methyl sites for hydroxylation is 1. The molecule has 150 valence electrons. The summed E-state index contributed by atoms with van der Waals surface area (Å²) < 4.78 is 35.0. The lowest BCUT2D eigenvalue weighted by atomic mass is 10.1. The molecule has 1 aliphatic rings. The number of amides is 1. The van der Waals surface area contributed by atoms with E-state index in [9.17, 15) is 18.0 Å². The number of rotatable bonds is 4. The third-order valence-electron chi connectivity index (χ3n) is 4.23. The standard InChI is InChI=1S/C17H19N3O6S2/c1-10-14(27-17(18-10)19(2)28(4,23)24)15(21)20-9-13(16(22)25-3)26-12-8-6-5-7-11(12)20/h5-8,13H,9H2,1-4H3. The molecule has 0 saturated heterocycles. The van der Waals surface area contributed by atoms with E-state index in [0.29, 0.717) is 17.1 Å². The van der Waals surface area contributed by atoms with E-state index in [0.717, 1.165) is 21.9 Å². The number of nitrogens with zero attached hydrogens (tertiary/aromatic N) is 3. The van der Waals surface area contributed by atoms with Gasteiger partial charge >= 0.3 is 5.97 Å². The molecular weight excluding hydrogens is 406 g/mol. The molecule has 1 aliphatic heterocycles. The highest BCUT2D eigenvalue weighted by molar-refractivity contribution is 7.92. The Labute approximate surface area is 166 Å². The summed E-state index contributed by atoms with van der Waals surface area (Å²) in [5, 5.41) is 0.189. The van der Waals surface area contributed by atoms with E-state index in [2.05, 4.69) is 4.98 Å². The Morgan fingerprint density at radius 3 is 2.68 bits per heavy atom. The second-order valence-corrected chi connectivity index (χ2v) is 9.15. The van der Waals surface area contributed by atoms with E-state index < -0.39 is 28.0 Å². The molecule has 0 fully saturated rings. The first-order valence-electron chi connectivity index (χ1n) is 8.20. The molecule has 1 unspecified atom stereocenters. The molecule has 0 bridgehead atoms. The number of methoxy groups -OCH3 is 1. The van der Waals surface area contributed by atoms with Gasteiger partial charge in [0.1, 0.15) is 10.6 Å². The van der Waals surface area contributed by atoms with E-state index in [-0.39, 0.29) is 16.6 Å². The van der Waals surface area contributed by atoms with Crippen molar-refractivity contribution in [3.8, 4) is 5.75 Å². The van der Waals surface area contributed by atoms with Gasteiger partial charge in [-0.05, 0) is 19.1 Å². The van der Waals surface area contributed by atoms with Gasteiger partial charge in [-0.15, -0.1) is 0 Å². The zero-order chi connectivity index (χ0) is 20.6. The van der Waals surface area contributed by atoms with Crippen molar-refractivity contribution in [1.82, 2.24) is 4.98 Å². The van der Waals surface area contributed by atoms with Crippen molar-refractivity contribution in [3.05, 3.63) is 34.8 Å². The summed E-state index contributed by atoms with van der Waals surface area (Å²) >= 11 is 0.974. The van der Waals surface area contributed by atoms with E-state index in [1.807, 2.05) is 0 Å². The third-order valence-corrected chi connectivity index (χ3v) is 6.73. The predicted octanol–water partition coefficient (Wildman–Crippen LogP) is 1.43. The maximum Gasteiger partial charge on any atom is 0.348 e. The Bertz CT molecular complexity index is 1030. The molecule has 1 amide bonds. The van der Waals surface area contributed by atoms with Crippen molar-refractivity contribution < 1.29 is 27.5 Å². The van der Waals surface area contributed by atoms with Gasteiger partial charge in [-0.2, -0.15) is 0 Å². The number of anilines is 2. The van der Waals surface area contributed by atoms with Crippen LogP contribution in [0.25, 0.3) is 0 Å². The van der Waals surface area contributed by atoms with Crippen molar-refractivity contribution in [1.29, 1.82) is 0 Å². The largest absolute Gasteiger partial charge is 0.475 e. The zero-order valence-electron chi connectivity index (χ0n) is 15.7. The molecule has 0 aliphatic carbocycles. The normalized spacial score (nSPS) is 16.1. The topological polar surface area (TPSA) is 106 Å². The fraction of sp³-hybridized carbons (Fsp3) is 0.353. The first-order chi connectivity index (χ1) is 13.1. The summed E-state index contributed by atoms with van der Waals surface area (Å²) in [6, 6.07) is 6.86. The highest BCUT2D eigenvalue weighted by Crippen LogP contribution is 2.36. The van der Waals surface area contributed by atoms with Crippen LogP contribution in [0.5, 0.6) is 5.75 Å². The summed E-state index contributed by atoms with van der Waals surface area (Å²) in [6.45, 7) is 1.60. The fourth-order valence-corrected chi connectivity index (χ4v) is 4.39. The Morgan fingerprint density at radius 2 is 2.04 bits per heavy atom. The molecule has 1 aromatic heterocycles. The van der Waals surface area contributed by atoms with Crippen LogP contribution in [0.4, 0.5) is 10.8 Å². The SMILES string of the molecule is COC(=O)C1CN(C(=O)c2sc(N(C)S(C)(=O)=O)nc2C)c2ccccc2O1. The lowest BCUT2D eigenvalue weighted by Gasteiger charge is -2.33. The number of aromatic nitrogens is 1. The molecule has 9 nitrogen and oxygen atoms in total. The fourth-order valence-electron chi connectivity index (χ4n) is 2.66. The molecule has 0 radical (unpaired) electrons. The van der Waals surface area contributed by atoms with Crippen molar-refractivity contribution in [2.75, 3.05) is 36.2 Å². The van der Waals surface area contributed by atoms with Crippen molar-refractivity contribution in [3.63, 3.8) is 0 Å². The maximum atomic E-state index is 13.2. The molecule has 2 heterocycles. The van der Waals surface area contributed by atoms with Crippen molar-refractivity contribution in [2.24, 2.45) is 0 Å². The third kappa shape index (κ3) is 3.67. The molecule has 1 aromatic carbocycles. The molecule has 2 aromatic rings. The Balaban J connectivity index is 2.00. The van der Waals surface area contributed by atoms with Crippen molar-refractivity contribution >= 4 is 44.1 Å². The van der Waals surface area contributed by atoms with Crippen LogP contribution >= 0.6 is 11.3 Å². The van der Waals surface area contributed by atoms with Gasteiger partial charge in [-0.25, -0.2) is 22.5 Å². The van der Waals surface area contributed by atoms with Crippen LogP contribution in [0, 0.1) is 6.92 Å². The minimum Gasteiger partial charge on any atom is -0.475 e. The van der Waals surface area contributed by atoms with E-state index in [1.54, 1.807) is 31.2 Å². The summed E-state index contributed by atoms with van der Waals surface area (Å²) in [7, 11) is -0.884. The predicted molar refractivity (Wildman–Crippen MR) is 105 cm³/mol. The van der Waals surface area contributed by atoms with Gasteiger partial charge in [0, 0.05) is 7.05 Å². The number of carbonyl (C=O) groups is 2. The van der Waals surface area contributed by atoms with Crippen LogP contribution < -0.4 is 13.9 Å². The Morgan fingerprint density at radius 1 is 1.36 bits per heavy atom. The molecule has 0 saturated carbocycles. The molecule has 0 N–H and O–H groups in total. The molecule has 1 atom stereocenters. The van der Waals surface area contributed by atoms with Gasteiger partial charge in [0.2, 0.25) is 16.1 Å². The van der Waals surface area contributed by atoms with Gasteiger partial charge in [-0.1, -0.05) is 23.5 Å². The first kappa shape index (κ1) is 20.1. The minimum atomic E-state index is -3.51. The lowest BCUT2D eigenvalue weighted by molar-refractivity contribution is -0.148. The van der Waals surface area contributed by atoms with Crippen LogP contribution in [0.1, 0.15) is 15.4 Å². The summed E-state index contributed by atoms with van der Waals surface area (Å²) in [6.07, 6.45) is 0.0972. The molecule has 0 spiro atoms. The average molecular weight is 425 g/mol. The monoisotopic (exact) mass is 425 g/mol.